The Morgan fingerprint density at radius 2 is 2.07 bits per heavy atom. The lowest BCUT2D eigenvalue weighted by atomic mass is 10.1. The maximum atomic E-state index is 12.5. The molecule has 2 heterocycles. The molecule has 0 unspecified atom stereocenters. The summed E-state index contributed by atoms with van der Waals surface area (Å²) >= 11 is 0. The Labute approximate surface area is 164 Å². The zero-order valence-corrected chi connectivity index (χ0v) is 15.9. The van der Waals surface area contributed by atoms with Gasteiger partial charge >= 0.3 is 0 Å². The number of rotatable bonds is 7. The van der Waals surface area contributed by atoms with E-state index in [1.807, 2.05) is 43.3 Å². The van der Waals surface area contributed by atoms with Crippen LogP contribution in [0.1, 0.15) is 29.4 Å². The number of likely N-dealkylation sites (N-methyl/N-ethyl adjacent to an activating group) is 1. The summed E-state index contributed by atoms with van der Waals surface area (Å²) in [5, 5.41) is 5.86. The average Bonchev–Trinajstić information content (AvgIpc) is 3.12. The highest BCUT2D eigenvalue weighted by molar-refractivity contribution is 5.92. The number of hydrogen-bond donors (Lipinski definition) is 2. The smallest absolute Gasteiger partial charge is 0.271 e. The van der Waals surface area contributed by atoms with Crippen molar-refractivity contribution in [2.24, 2.45) is 0 Å². The monoisotopic (exact) mass is 379 g/mol. The van der Waals surface area contributed by atoms with Gasteiger partial charge < -0.3 is 10.6 Å². The van der Waals surface area contributed by atoms with Crippen molar-refractivity contribution in [1.29, 1.82) is 0 Å². The van der Waals surface area contributed by atoms with Gasteiger partial charge in [0.1, 0.15) is 5.69 Å². The Kier molecular flexibility index (Phi) is 6.86. The largest absolute Gasteiger partial charge is 0.355 e. The van der Waals surface area contributed by atoms with Crippen molar-refractivity contribution in [3.8, 4) is 0 Å². The van der Waals surface area contributed by atoms with Gasteiger partial charge in [0.25, 0.3) is 5.91 Å². The van der Waals surface area contributed by atoms with Gasteiger partial charge in [-0.2, -0.15) is 0 Å². The van der Waals surface area contributed by atoms with Crippen LogP contribution in [0, 0.1) is 0 Å². The molecular weight excluding hydrogens is 354 g/mol. The molecule has 1 fully saturated rings. The van der Waals surface area contributed by atoms with E-state index in [0.29, 0.717) is 26.1 Å². The second-order valence-electron chi connectivity index (χ2n) is 6.67. The second kappa shape index (κ2) is 9.75. The molecule has 0 bridgehead atoms. The Hall–Kier alpha value is -3.06. The standard InChI is InChI=1S/C21H25N5O2/c1-2-23-21(28)19-13-17(25-20(27)18-14-22-10-11-24-18)15-26(19)12-6-9-16-7-4-3-5-8-16/h3-11,14,17,19H,2,12-13,15H2,1H3,(H,23,28)(H,25,27)/b9-6+/t17-,19+/m1/s1. The molecule has 7 nitrogen and oxygen atoms in total. The Morgan fingerprint density at radius 1 is 1.25 bits per heavy atom. The van der Waals surface area contributed by atoms with Crippen molar-refractivity contribution in [2.45, 2.75) is 25.4 Å². The zero-order valence-electron chi connectivity index (χ0n) is 15.9. The van der Waals surface area contributed by atoms with Gasteiger partial charge in [-0.3, -0.25) is 19.5 Å². The van der Waals surface area contributed by atoms with Crippen molar-refractivity contribution >= 4 is 17.9 Å². The molecule has 2 atom stereocenters. The molecule has 3 rings (SSSR count). The molecule has 2 aromatic rings. The van der Waals surface area contributed by atoms with Gasteiger partial charge in [0.15, 0.2) is 0 Å². The summed E-state index contributed by atoms with van der Waals surface area (Å²) in [6.45, 7) is 3.72. The van der Waals surface area contributed by atoms with Gasteiger partial charge in [0.2, 0.25) is 5.91 Å². The molecule has 0 aliphatic carbocycles. The summed E-state index contributed by atoms with van der Waals surface area (Å²) < 4.78 is 0. The summed E-state index contributed by atoms with van der Waals surface area (Å²) in [7, 11) is 0. The molecule has 1 aliphatic heterocycles. The van der Waals surface area contributed by atoms with Crippen molar-refractivity contribution in [1.82, 2.24) is 25.5 Å². The molecule has 1 aliphatic rings. The predicted molar refractivity (Wildman–Crippen MR) is 107 cm³/mol. The van der Waals surface area contributed by atoms with Crippen LogP contribution in [-0.4, -0.2) is 58.4 Å². The highest BCUT2D eigenvalue weighted by Gasteiger charge is 2.36. The molecule has 0 radical (unpaired) electrons. The first-order valence-corrected chi connectivity index (χ1v) is 9.47. The number of carbonyl (C=O) groups is 2. The minimum absolute atomic E-state index is 0.00753. The minimum Gasteiger partial charge on any atom is -0.355 e. The van der Waals surface area contributed by atoms with Crippen molar-refractivity contribution in [3.05, 3.63) is 66.3 Å². The number of aromatic nitrogens is 2. The number of amides is 2. The number of carbonyl (C=O) groups excluding carboxylic acids is 2. The van der Waals surface area contributed by atoms with Crippen LogP contribution in [0.5, 0.6) is 0 Å². The third kappa shape index (κ3) is 5.23. The van der Waals surface area contributed by atoms with E-state index < -0.39 is 0 Å². The summed E-state index contributed by atoms with van der Waals surface area (Å²) in [6, 6.07) is 9.64. The SMILES string of the molecule is CCNC(=O)[C@@H]1C[C@@H](NC(=O)c2cnccn2)CN1C/C=C/c1ccccc1. The molecule has 7 heteroatoms. The Morgan fingerprint density at radius 3 is 2.79 bits per heavy atom. The fraction of sp³-hybridized carbons (Fsp3) is 0.333. The lowest BCUT2D eigenvalue weighted by Gasteiger charge is -2.21. The van der Waals surface area contributed by atoms with Crippen LogP contribution in [0.3, 0.4) is 0 Å². The third-order valence-electron chi connectivity index (χ3n) is 4.64. The number of likely N-dealkylation sites (tertiary alicyclic amines) is 1. The van der Waals surface area contributed by atoms with E-state index in [9.17, 15) is 9.59 Å². The Bertz CT molecular complexity index is 810. The third-order valence-corrected chi connectivity index (χ3v) is 4.64. The predicted octanol–water partition coefficient (Wildman–Crippen LogP) is 1.50. The molecule has 2 N–H and O–H groups in total. The molecule has 146 valence electrons. The Balaban J connectivity index is 1.64. The molecule has 0 saturated carbocycles. The van der Waals surface area contributed by atoms with Crippen LogP contribution >= 0.6 is 0 Å². The van der Waals surface area contributed by atoms with Gasteiger partial charge in [-0.15, -0.1) is 0 Å². The second-order valence-corrected chi connectivity index (χ2v) is 6.67. The first-order chi connectivity index (χ1) is 13.7. The van der Waals surface area contributed by atoms with Crippen molar-refractivity contribution in [2.75, 3.05) is 19.6 Å². The van der Waals surface area contributed by atoms with E-state index in [1.165, 1.54) is 18.6 Å². The van der Waals surface area contributed by atoms with Crippen molar-refractivity contribution < 1.29 is 9.59 Å². The average molecular weight is 379 g/mol. The van der Waals surface area contributed by atoms with E-state index in [2.05, 4.69) is 31.6 Å². The summed E-state index contributed by atoms with van der Waals surface area (Å²) in [6.07, 6.45) is 9.11. The molecule has 1 aromatic heterocycles. The maximum Gasteiger partial charge on any atom is 0.271 e. The van der Waals surface area contributed by atoms with E-state index >= 15 is 0 Å². The topological polar surface area (TPSA) is 87.2 Å². The van der Waals surface area contributed by atoms with Crippen LogP contribution in [0.15, 0.2) is 55.0 Å². The lowest BCUT2D eigenvalue weighted by Crippen LogP contribution is -2.43. The maximum absolute atomic E-state index is 12.5. The van der Waals surface area contributed by atoms with E-state index in [4.69, 9.17) is 0 Å². The van der Waals surface area contributed by atoms with Crippen LogP contribution in [0.2, 0.25) is 0 Å². The minimum atomic E-state index is -0.271. The van der Waals surface area contributed by atoms with Crippen molar-refractivity contribution in [3.63, 3.8) is 0 Å². The van der Waals surface area contributed by atoms with E-state index in [1.54, 1.807) is 0 Å². The van der Waals surface area contributed by atoms with Crippen LogP contribution in [0.25, 0.3) is 6.08 Å². The first-order valence-electron chi connectivity index (χ1n) is 9.47. The lowest BCUT2D eigenvalue weighted by molar-refractivity contribution is -0.125. The summed E-state index contributed by atoms with van der Waals surface area (Å²) in [4.78, 5) is 34.9. The number of nitrogens with zero attached hydrogens (tertiary/aromatic N) is 3. The molecule has 1 aromatic carbocycles. The van der Waals surface area contributed by atoms with Gasteiger partial charge in [-0.05, 0) is 18.9 Å². The molecule has 28 heavy (non-hydrogen) atoms. The number of benzene rings is 1. The van der Waals surface area contributed by atoms with E-state index in [0.717, 1.165) is 5.56 Å². The normalized spacial score (nSPS) is 19.6. The number of hydrogen-bond acceptors (Lipinski definition) is 5. The van der Waals surface area contributed by atoms with Gasteiger partial charge in [0.05, 0.1) is 12.2 Å². The molecular formula is C21H25N5O2. The summed E-state index contributed by atoms with van der Waals surface area (Å²) in [5.74, 6) is -0.277. The highest BCUT2D eigenvalue weighted by atomic mass is 16.2. The molecule has 2 amide bonds. The molecule has 0 spiro atoms. The van der Waals surface area contributed by atoms with Gasteiger partial charge in [-0.1, -0.05) is 42.5 Å². The summed E-state index contributed by atoms with van der Waals surface area (Å²) in [5.41, 5.74) is 1.39. The van der Waals surface area contributed by atoms with Gasteiger partial charge in [0, 0.05) is 38.1 Å². The van der Waals surface area contributed by atoms with Crippen LogP contribution in [-0.2, 0) is 4.79 Å². The fourth-order valence-electron chi connectivity index (χ4n) is 3.34. The van der Waals surface area contributed by atoms with Crippen LogP contribution < -0.4 is 10.6 Å². The van der Waals surface area contributed by atoms with E-state index in [-0.39, 0.29) is 29.6 Å². The highest BCUT2D eigenvalue weighted by Crippen LogP contribution is 2.19. The number of nitrogens with one attached hydrogen (secondary N) is 2. The fourth-order valence-corrected chi connectivity index (χ4v) is 3.34. The van der Waals surface area contributed by atoms with Crippen LogP contribution in [0.4, 0.5) is 0 Å². The first kappa shape index (κ1) is 19.7. The quantitative estimate of drug-likeness (QED) is 0.761. The molecule has 1 saturated heterocycles. The zero-order chi connectivity index (χ0) is 19.8. The van der Waals surface area contributed by atoms with Gasteiger partial charge in [-0.25, -0.2) is 4.98 Å².